The number of rotatable bonds is 6. The second-order valence-corrected chi connectivity index (χ2v) is 6.51. The van der Waals surface area contributed by atoms with Crippen LogP contribution in [0.4, 0.5) is 0 Å². The van der Waals surface area contributed by atoms with Crippen molar-refractivity contribution in [1.29, 1.82) is 0 Å². The van der Waals surface area contributed by atoms with Crippen molar-refractivity contribution < 1.29 is 17.9 Å². The minimum Gasteiger partial charge on any atom is -0.497 e. The molecular formula is C21H24N2O4S. The topological polar surface area (TPSA) is 91.5 Å². The summed E-state index contributed by atoms with van der Waals surface area (Å²) in [5.74, 6) is 1.75. The van der Waals surface area contributed by atoms with Gasteiger partial charge in [-0.1, -0.05) is 30.3 Å². The molecule has 1 heterocycles. The van der Waals surface area contributed by atoms with Crippen molar-refractivity contribution in [2.75, 3.05) is 14.2 Å². The van der Waals surface area contributed by atoms with Crippen LogP contribution in [0.25, 0.3) is 0 Å². The Hall–Kier alpha value is -2.90. The average molecular weight is 401 g/mol. The van der Waals surface area contributed by atoms with E-state index in [1.165, 1.54) is 16.7 Å². The Morgan fingerprint density at radius 2 is 1.29 bits per heavy atom. The summed E-state index contributed by atoms with van der Waals surface area (Å²) in [5, 5.41) is 4.06. The third kappa shape index (κ3) is 7.02. The van der Waals surface area contributed by atoms with E-state index in [2.05, 4.69) is 40.5 Å². The van der Waals surface area contributed by atoms with Gasteiger partial charge in [-0.25, -0.2) is 13.6 Å². The normalized spacial score (nSPS) is 10.1. The second-order valence-electron chi connectivity index (χ2n) is 5.94. The van der Waals surface area contributed by atoms with Crippen LogP contribution in [-0.4, -0.2) is 27.6 Å². The van der Waals surface area contributed by atoms with Gasteiger partial charge < -0.3 is 9.47 Å². The molecule has 28 heavy (non-hydrogen) atoms. The first kappa shape index (κ1) is 21.4. The zero-order valence-electron chi connectivity index (χ0n) is 15.9. The molecule has 0 saturated carbocycles. The quantitative estimate of drug-likeness (QED) is 0.621. The molecule has 148 valence electrons. The van der Waals surface area contributed by atoms with Crippen LogP contribution in [-0.2, 0) is 23.7 Å². The highest BCUT2D eigenvalue weighted by molar-refractivity contribution is 7.69. The van der Waals surface area contributed by atoms with Crippen molar-refractivity contribution in [3.8, 4) is 11.5 Å². The van der Waals surface area contributed by atoms with Crippen LogP contribution in [0.5, 0.6) is 11.5 Å². The number of aromatic nitrogens is 1. The number of benzene rings is 2. The monoisotopic (exact) mass is 400 g/mol. The predicted octanol–water partition coefficient (Wildman–Crippen LogP) is 2.75. The molecule has 0 radical (unpaired) electrons. The van der Waals surface area contributed by atoms with Gasteiger partial charge in [0.05, 0.1) is 14.2 Å². The summed E-state index contributed by atoms with van der Waals surface area (Å²) in [6, 6.07) is 20.5. The molecule has 0 bridgehead atoms. The minimum atomic E-state index is -2.62. The summed E-state index contributed by atoms with van der Waals surface area (Å²) in [5.41, 5.74) is 4.84. The van der Waals surface area contributed by atoms with Crippen molar-refractivity contribution >= 4 is 10.9 Å². The Morgan fingerprint density at radius 3 is 1.75 bits per heavy atom. The van der Waals surface area contributed by atoms with Gasteiger partial charge in [-0.2, -0.15) is 0 Å². The van der Waals surface area contributed by atoms with E-state index in [0.29, 0.717) is 0 Å². The zero-order chi connectivity index (χ0) is 20.4. The van der Waals surface area contributed by atoms with E-state index in [-0.39, 0.29) is 0 Å². The highest BCUT2D eigenvalue weighted by Crippen LogP contribution is 2.19. The number of hydrogen-bond acceptors (Lipinski definition) is 5. The van der Waals surface area contributed by atoms with Gasteiger partial charge in [-0.15, -0.1) is 0 Å². The highest BCUT2D eigenvalue weighted by atomic mass is 32.2. The number of nitrogens with two attached hydrogens (primary N) is 1. The third-order valence-electron chi connectivity index (χ3n) is 4.07. The molecule has 6 nitrogen and oxygen atoms in total. The Bertz CT molecular complexity index is 863. The lowest BCUT2D eigenvalue weighted by molar-refractivity contribution is 0.414. The Balaban J connectivity index is 0.000000640. The van der Waals surface area contributed by atoms with Gasteiger partial charge in [0.2, 0.25) is 0 Å². The van der Waals surface area contributed by atoms with Gasteiger partial charge in [0.15, 0.2) is 10.9 Å². The molecule has 3 rings (SSSR count). The fourth-order valence-electron chi connectivity index (χ4n) is 2.69. The van der Waals surface area contributed by atoms with Crippen molar-refractivity contribution in [2.45, 2.75) is 12.8 Å². The number of thiol groups is 1. The van der Waals surface area contributed by atoms with Gasteiger partial charge in [0, 0.05) is 18.3 Å². The van der Waals surface area contributed by atoms with Gasteiger partial charge in [0.1, 0.15) is 11.5 Å². The van der Waals surface area contributed by atoms with Crippen LogP contribution in [0.15, 0.2) is 66.9 Å². The predicted molar refractivity (Wildman–Crippen MR) is 110 cm³/mol. The van der Waals surface area contributed by atoms with Crippen molar-refractivity contribution in [1.82, 2.24) is 4.98 Å². The Morgan fingerprint density at radius 1 is 0.821 bits per heavy atom. The smallest absolute Gasteiger partial charge is 0.198 e. The van der Waals surface area contributed by atoms with E-state index in [4.69, 9.17) is 17.9 Å². The molecule has 1 aromatic heterocycles. The molecule has 7 heteroatoms. The molecule has 0 aliphatic rings. The molecule has 2 N–H and O–H groups in total. The molecular weight excluding hydrogens is 376 g/mol. The molecule has 0 amide bonds. The summed E-state index contributed by atoms with van der Waals surface area (Å²) in [6.45, 7) is 0. The molecule has 3 aromatic rings. The maximum absolute atomic E-state index is 8.81. The number of methoxy groups -OCH3 is 2. The molecule has 2 aromatic carbocycles. The van der Waals surface area contributed by atoms with Gasteiger partial charge in [-0.05, 0) is 53.4 Å². The largest absolute Gasteiger partial charge is 0.497 e. The molecule has 0 aliphatic carbocycles. The van der Waals surface area contributed by atoms with Crippen LogP contribution in [0, 0.1) is 0 Å². The first-order valence-corrected chi connectivity index (χ1v) is 9.84. The molecule has 0 spiro atoms. The van der Waals surface area contributed by atoms with Crippen LogP contribution in [0.1, 0.15) is 22.4 Å². The number of nitrogens with zero attached hydrogens (tertiary/aromatic N) is 1. The van der Waals surface area contributed by atoms with Gasteiger partial charge >= 0.3 is 0 Å². The first-order valence-electron chi connectivity index (χ1n) is 8.59. The SMILES string of the molecule is COc1ccc(Cc2cccnc2Cc2ccc(OC)cc2)cc1.N[SH](=O)=O. The summed E-state index contributed by atoms with van der Waals surface area (Å²) in [6.07, 6.45) is 3.54. The Kier molecular flexibility index (Phi) is 8.45. The summed E-state index contributed by atoms with van der Waals surface area (Å²) in [7, 11) is 0.745. The number of ether oxygens (including phenoxy) is 2. The third-order valence-corrected chi connectivity index (χ3v) is 4.07. The molecule has 0 unspecified atom stereocenters. The lowest BCUT2D eigenvalue weighted by atomic mass is 9.99. The van der Waals surface area contributed by atoms with E-state index < -0.39 is 10.9 Å². The van der Waals surface area contributed by atoms with Crippen molar-refractivity contribution in [3.05, 3.63) is 89.2 Å². The highest BCUT2D eigenvalue weighted by Gasteiger charge is 2.06. The van der Waals surface area contributed by atoms with E-state index in [0.717, 1.165) is 30.0 Å². The maximum Gasteiger partial charge on any atom is 0.198 e. The number of hydrogen-bond donors (Lipinski definition) is 2. The first-order chi connectivity index (χ1) is 13.5. The zero-order valence-corrected chi connectivity index (χ0v) is 16.8. The fraction of sp³-hybridized carbons (Fsp3) is 0.190. The van der Waals surface area contributed by atoms with Crippen LogP contribution in [0.2, 0.25) is 0 Å². The standard InChI is InChI=1S/C21H21NO2.H3NO2S/c1-23-19-9-5-16(6-10-19)14-18-4-3-13-22-21(18)15-17-7-11-20(24-2)12-8-17;1-4(2)3/h3-13H,14-15H2,1-2H3;4H,(H2,1,2,3). The summed E-state index contributed by atoms with van der Waals surface area (Å²) >= 11 is 0. The molecule has 0 atom stereocenters. The van der Waals surface area contributed by atoms with Crippen molar-refractivity contribution in [3.63, 3.8) is 0 Å². The summed E-state index contributed by atoms with van der Waals surface area (Å²) < 4.78 is 28.1. The van der Waals surface area contributed by atoms with Crippen molar-refractivity contribution in [2.24, 2.45) is 5.14 Å². The van der Waals surface area contributed by atoms with E-state index in [1.54, 1.807) is 14.2 Å². The molecule has 0 fully saturated rings. The maximum atomic E-state index is 8.81. The van der Waals surface area contributed by atoms with Gasteiger partial charge in [0.25, 0.3) is 0 Å². The van der Waals surface area contributed by atoms with Crippen LogP contribution in [0.3, 0.4) is 0 Å². The lowest BCUT2D eigenvalue weighted by Gasteiger charge is -2.10. The lowest BCUT2D eigenvalue weighted by Crippen LogP contribution is -2.00. The van der Waals surface area contributed by atoms with E-state index in [1.807, 2.05) is 36.5 Å². The molecule has 0 saturated heterocycles. The fourth-order valence-corrected chi connectivity index (χ4v) is 2.69. The van der Waals surface area contributed by atoms with E-state index in [9.17, 15) is 0 Å². The van der Waals surface area contributed by atoms with Crippen LogP contribution >= 0.6 is 0 Å². The van der Waals surface area contributed by atoms with E-state index >= 15 is 0 Å². The van der Waals surface area contributed by atoms with Gasteiger partial charge in [-0.3, -0.25) is 4.98 Å². The Labute approximate surface area is 167 Å². The minimum absolute atomic E-state index is 0.816. The summed E-state index contributed by atoms with van der Waals surface area (Å²) in [4.78, 5) is 4.59. The number of pyridine rings is 1. The van der Waals surface area contributed by atoms with Crippen LogP contribution < -0.4 is 14.6 Å². The molecule has 0 aliphatic heterocycles. The average Bonchev–Trinajstić information content (AvgIpc) is 2.70. The second kappa shape index (κ2) is 11.1.